The van der Waals surface area contributed by atoms with Gasteiger partial charge in [0.05, 0.1) is 41.8 Å². The number of hydrogen-bond acceptors (Lipinski definition) is 4. The summed E-state index contributed by atoms with van der Waals surface area (Å²) in [7, 11) is 3.09. The van der Waals surface area contributed by atoms with Gasteiger partial charge in [0.1, 0.15) is 11.5 Å². The van der Waals surface area contributed by atoms with E-state index in [9.17, 15) is 4.79 Å². The quantitative estimate of drug-likeness (QED) is 0.542. The molecule has 1 spiro atoms. The second-order valence-corrected chi connectivity index (χ2v) is 9.00. The van der Waals surface area contributed by atoms with E-state index in [-0.39, 0.29) is 11.6 Å². The highest BCUT2D eigenvalue weighted by atomic mass is 35.5. The van der Waals surface area contributed by atoms with Crippen molar-refractivity contribution in [2.75, 3.05) is 37.9 Å². The van der Waals surface area contributed by atoms with Crippen LogP contribution in [0.3, 0.4) is 0 Å². The van der Waals surface area contributed by atoms with Crippen LogP contribution < -0.4 is 20.1 Å². The fourth-order valence-electron chi connectivity index (χ4n) is 4.89. The molecule has 8 heteroatoms. The number of nitrogens with zero attached hydrogens (tertiary/aromatic N) is 2. The molecule has 2 aromatic carbocycles. The average molecular weight is 467 g/mol. The van der Waals surface area contributed by atoms with Gasteiger partial charge < -0.3 is 29.6 Å². The minimum Gasteiger partial charge on any atom is -0.495 e. The normalized spacial score (nSPS) is 15.9. The van der Waals surface area contributed by atoms with Crippen LogP contribution in [-0.4, -0.2) is 42.8 Å². The molecular weight excluding hydrogens is 440 g/mol. The Bertz CT molecular complexity index is 1210. The van der Waals surface area contributed by atoms with Crippen molar-refractivity contribution in [2.45, 2.75) is 25.3 Å². The van der Waals surface area contributed by atoms with Crippen LogP contribution >= 0.6 is 11.6 Å². The van der Waals surface area contributed by atoms with Crippen molar-refractivity contribution in [2.24, 2.45) is 0 Å². The van der Waals surface area contributed by atoms with Crippen molar-refractivity contribution in [3.8, 4) is 17.2 Å². The predicted molar refractivity (Wildman–Crippen MR) is 130 cm³/mol. The van der Waals surface area contributed by atoms with Gasteiger partial charge in [0.2, 0.25) is 0 Å². The first-order valence-corrected chi connectivity index (χ1v) is 11.4. The van der Waals surface area contributed by atoms with Crippen molar-refractivity contribution in [3.63, 3.8) is 0 Å². The molecule has 2 N–H and O–H groups in total. The number of fused-ring (bicyclic) bond motifs is 4. The highest BCUT2D eigenvalue weighted by Crippen LogP contribution is 2.44. The van der Waals surface area contributed by atoms with Gasteiger partial charge >= 0.3 is 6.03 Å². The molecule has 2 amide bonds. The minimum atomic E-state index is -0.206. The highest BCUT2D eigenvalue weighted by molar-refractivity contribution is 6.32. The number of aromatic nitrogens is 1. The van der Waals surface area contributed by atoms with Gasteiger partial charge in [-0.1, -0.05) is 17.7 Å². The molecule has 0 radical (unpaired) electrons. The van der Waals surface area contributed by atoms with Crippen molar-refractivity contribution in [3.05, 3.63) is 64.9 Å². The number of urea groups is 1. The van der Waals surface area contributed by atoms with Crippen molar-refractivity contribution in [1.82, 2.24) is 9.47 Å². The summed E-state index contributed by atoms with van der Waals surface area (Å²) in [6, 6.07) is 13.9. The number of benzene rings is 2. The maximum absolute atomic E-state index is 13.1. The average Bonchev–Trinajstić information content (AvgIpc) is 3.31. The number of halogens is 1. The number of piperidine rings is 1. The maximum Gasteiger partial charge on any atom is 0.321 e. The van der Waals surface area contributed by atoms with Crippen LogP contribution in [0.4, 0.5) is 16.2 Å². The monoisotopic (exact) mass is 466 g/mol. The number of aryl methyl sites for hydroxylation is 1. The van der Waals surface area contributed by atoms with Crippen LogP contribution in [0.2, 0.25) is 5.02 Å². The number of anilines is 2. The molecule has 33 heavy (non-hydrogen) atoms. The summed E-state index contributed by atoms with van der Waals surface area (Å²) in [6.45, 7) is 3.35. The smallest absolute Gasteiger partial charge is 0.321 e. The zero-order valence-corrected chi connectivity index (χ0v) is 19.7. The van der Waals surface area contributed by atoms with E-state index in [4.69, 9.17) is 21.1 Å². The molecule has 3 aromatic rings. The van der Waals surface area contributed by atoms with E-state index in [1.807, 2.05) is 4.90 Å². The van der Waals surface area contributed by atoms with Crippen LogP contribution in [0.25, 0.3) is 5.69 Å². The zero-order valence-electron chi connectivity index (χ0n) is 18.9. The molecule has 172 valence electrons. The Morgan fingerprint density at radius 2 is 1.85 bits per heavy atom. The molecule has 7 nitrogen and oxygen atoms in total. The fourth-order valence-corrected chi connectivity index (χ4v) is 5.13. The summed E-state index contributed by atoms with van der Waals surface area (Å²) in [6.07, 6.45) is 3.72. The van der Waals surface area contributed by atoms with Crippen LogP contribution in [-0.2, 0) is 5.54 Å². The van der Waals surface area contributed by atoms with Gasteiger partial charge in [-0.2, -0.15) is 0 Å². The molecule has 1 fully saturated rings. The van der Waals surface area contributed by atoms with E-state index in [1.54, 1.807) is 19.2 Å². The number of carbonyl (C=O) groups is 1. The summed E-state index contributed by atoms with van der Waals surface area (Å²) >= 11 is 6.26. The highest BCUT2D eigenvalue weighted by Gasteiger charge is 2.42. The third-order valence-electron chi connectivity index (χ3n) is 6.64. The van der Waals surface area contributed by atoms with Gasteiger partial charge in [-0.25, -0.2) is 4.79 Å². The number of methoxy groups -OCH3 is 2. The molecule has 1 aromatic heterocycles. The van der Waals surface area contributed by atoms with E-state index in [0.29, 0.717) is 35.3 Å². The van der Waals surface area contributed by atoms with Crippen LogP contribution in [0, 0.1) is 6.92 Å². The van der Waals surface area contributed by atoms with E-state index in [2.05, 4.69) is 58.7 Å². The number of amides is 2. The third-order valence-corrected chi connectivity index (χ3v) is 6.94. The summed E-state index contributed by atoms with van der Waals surface area (Å²) < 4.78 is 12.9. The van der Waals surface area contributed by atoms with Crippen molar-refractivity contribution >= 4 is 29.0 Å². The molecule has 2 aliphatic heterocycles. The number of rotatable bonds is 3. The first-order valence-electron chi connectivity index (χ1n) is 11.0. The Labute approximate surface area is 198 Å². The lowest BCUT2D eigenvalue weighted by Crippen LogP contribution is -2.51. The molecule has 0 saturated carbocycles. The minimum absolute atomic E-state index is 0.174. The number of carbonyl (C=O) groups excluding carboxylic acids is 1. The molecular formula is C25H27ClN4O3. The van der Waals surface area contributed by atoms with Crippen LogP contribution in [0.5, 0.6) is 11.5 Å². The fraction of sp³-hybridized carbons (Fsp3) is 0.320. The Morgan fingerprint density at radius 3 is 2.58 bits per heavy atom. The third kappa shape index (κ3) is 3.66. The Kier molecular flexibility index (Phi) is 5.37. The summed E-state index contributed by atoms with van der Waals surface area (Å²) in [5.41, 5.74) is 5.06. The van der Waals surface area contributed by atoms with Gasteiger partial charge in [-0.3, -0.25) is 0 Å². The van der Waals surface area contributed by atoms with Crippen LogP contribution in [0.1, 0.15) is 24.1 Å². The maximum atomic E-state index is 13.1. The lowest BCUT2D eigenvalue weighted by molar-refractivity contribution is 0.174. The standard InChI is InChI=1S/C25H27ClN4O3/c1-16-6-7-20-18(13-16)28-25(23-5-4-10-30(20)23)8-11-29(12-9-25)24(31)27-19-14-17(26)21(32-2)15-22(19)33-3/h4-7,10,13-15,28H,8-9,11-12H2,1-3H3,(H,27,31). The topological polar surface area (TPSA) is 67.8 Å². The number of ether oxygens (including phenoxy) is 2. The lowest BCUT2D eigenvalue weighted by atomic mass is 9.82. The Balaban J connectivity index is 1.34. The second-order valence-electron chi connectivity index (χ2n) is 8.60. The molecule has 2 aliphatic rings. The van der Waals surface area contributed by atoms with E-state index in [1.165, 1.54) is 18.4 Å². The largest absolute Gasteiger partial charge is 0.495 e. The van der Waals surface area contributed by atoms with E-state index < -0.39 is 0 Å². The second kappa shape index (κ2) is 8.23. The van der Waals surface area contributed by atoms with Gasteiger partial charge in [0.15, 0.2) is 0 Å². The zero-order chi connectivity index (χ0) is 23.2. The van der Waals surface area contributed by atoms with E-state index in [0.717, 1.165) is 24.2 Å². The molecule has 3 heterocycles. The number of likely N-dealkylation sites (tertiary alicyclic amines) is 1. The van der Waals surface area contributed by atoms with Crippen LogP contribution in [0.15, 0.2) is 48.7 Å². The molecule has 5 rings (SSSR count). The summed E-state index contributed by atoms with van der Waals surface area (Å²) in [4.78, 5) is 14.9. The first-order chi connectivity index (χ1) is 15.9. The first kappa shape index (κ1) is 21.5. The summed E-state index contributed by atoms with van der Waals surface area (Å²) in [5.74, 6) is 0.991. The number of nitrogens with one attached hydrogen (secondary N) is 2. The molecule has 0 atom stereocenters. The van der Waals surface area contributed by atoms with Gasteiger partial charge in [0, 0.05) is 31.0 Å². The van der Waals surface area contributed by atoms with E-state index >= 15 is 0 Å². The lowest BCUT2D eigenvalue weighted by Gasteiger charge is -2.46. The molecule has 0 unspecified atom stereocenters. The van der Waals surface area contributed by atoms with Gasteiger partial charge in [-0.05, 0) is 55.7 Å². The Morgan fingerprint density at radius 1 is 1.09 bits per heavy atom. The predicted octanol–water partition coefficient (Wildman–Crippen LogP) is 5.41. The molecule has 1 saturated heterocycles. The number of hydrogen-bond donors (Lipinski definition) is 2. The summed E-state index contributed by atoms with van der Waals surface area (Å²) in [5, 5.41) is 7.17. The van der Waals surface area contributed by atoms with Gasteiger partial charge in [-0.15, -0.1) is 0 Å². The molecule has 0 aliphatic carbocycles. The van der Waals surface area contributed by atoms with Crippen molar-refractivity contribution < 1.29 is 14.3 Å². The Hall–Kier alpha value is -3.32. The molecule has 0 bridgehead atoms. The SMILES string of the molecule is COc1cc(OC)c(NC(=O)N2CCC3(CC2)Nc2cc(C)ccc2-n2cccc23)cc1Cl. The van der Waals surface area contributed by atoms with Crippen molar-refractivity contribution in [1.29, 1.82) is 0 Å². The van der Waals surface area contributed by atoms with Gasteiger partial charge in [0.25, 0.3) is 0 Å².